The first-order valence-electron chi connectivity index (χ1n) is 11.0. The number of hydrogen-bond donors (Lipinski definition) is 1. The molecular formula is C24H29N3O5. The largest absolute Gasteiger partial charge is 0.493 e. The van der Waals surface area contributed by atoms with Crippen LogP contribution in [0.5, 0.6) is 17.4 Å². The van der Waals surface area contributed by atoms with Crippen molar-refractivity contribution in [1.82, 2.24) is 10.3 Å². The average Bonchev–Trinajstić information content (AvgIpc) is 3.47. The number of ether oxygens (including phenoxy) is 3. The molecule has 1 aliphatic heterocycles. The van der Waals surface area contributed by atoms with Crippen LogP contribution >= 0.6 is 0 Å². The molecule has 1 aromatic heterocycles. The van der Waals surface area contributed by atoms with E-state index in [1.54, 1.807) is 43.5 Å². The van der Waals surface area contributed by atoms with Gasteiger partial charge in [-0.15, -0.1) is 0 Å². The molecule has 2 aliphatic rings. The number of methoxy groups -OCH3 is 2. The second-order valence-corrected chi connectivity index (χ2v) is 8.19. The van der Waals surface area contributed by atoms with Gasteiger partial charge in [0.25, 0.3) is 0 Å². The van der Waals surface area contributed by atoms with E-state index >= 15 is 0 Å². The number of carbonyl (C=O) groups is 2. The molecule has 32 heavy (non-hydrogen) atoms. The minimum Gasteiger partial charge on any atom is -0.493 e. The molecule has 1 unspecified atom stereocenters. The van der Waals surface area contributed by atoms with E-state index in [0.29, 0.717) is 36.2 Å². The third-order valence-electron chi connectivity index (χ3n) is 6.03. The standard InChI is InChI=1S/C24H29N3O5/c1-30-20-8-7-18(13-21(20)31-2)27-15-17(12-23(27)28)24(29)26-14-16-9-10-25-22(11-16)32-19-5-3-4-6-19/h7-11,13,17,19H,3-6,12,14-15H2,1-2H3,(H,26,29). The van der Waals surface area contributed by atoms with E-state index in [1.165, 1.54) is 12.8 Å². The Kier molecular flexibility index (Phi) is 6.78. The minimum absolute atomic E-state index is 0.0893. The Labute approximate surface area is 187 Å². The third kappa shape index (κ3) is 4.95. The summed E-state index contributed by atoms with van der Waals surface area (Å²) in [6.45, 7) is 0.690. The molecule has 1 saturated heterocycles. The number of rotatable bonds is 8. The summed E-state index contributed by atoms with van der Waals surface area (Å²) in [6.07, 6.45) is 6.63. The van der Waals surface area contributed by atoms with Crippen LogP contribution in [0.3, 0.4) is 0 Å². The Balaban J connectivity index is 1.34. The molecule has 1 aromatic carbocycles. The molecule has 2 aromatic rings. The maximum atomic E-state index is 12.7. The van der Waals surface area contributed by atoms with Gasteiger partial charge in [-0.2, -0.15) is 0 Å². The molecule has 0 radical (unpaired) electrons. The van der Waals surface area contributed by atoms with Gasteiger partial charge in [-0.3, -0.25) is 9.59 Å². The van der Waals surface area contributed by atoms with Crippen molar-refractivity contribution in [2.45, 2.75) is 44.8 Å². The van der Waals surface area contributed by atoms with Crippen molar-refractivity contribution in [2.75, 3.05) is 25.7 Å². The Morgan fingerprint density at radius 2 is 1.91 bits per heavy atom. The molecular weight excluding hydrogens is 410 g/mol. The first-order valence-corrected chi connectivity index (χ1v) is 11.0. The van der Waals surface area contributed by atoms with Gasteiger partial charge in [-0.05, 0) is 49.4 Å². The van der Waals surface area contributed by atoms with Gasteiger partial charge >= 0.3 is 0 Å². The van der Waals surface area contributed by atoms with Gasteiger partial charge in [0.15, 0.2) is 11.5 Å². The molecule has 2 heterocycles. The van der Waals surface area contributed by atoms with E-state index in [-0.39, 0.29) is 24.3 Å². The molecule has 2 fully saturated rings. The highest BCUT2D eigenvalue weighted by atomic mass is 16.5. The zero-order valence-corrected chi connectivity index (χ0v) is 18.5. The first-order chi connectivity index (χ1) is 15.6. The third-order valence-corrected chi connectivity index (χ3v) is 6.03. The number of amides is 2. The summed E-state index contributed by atoms with van der Waals surface area (Å²) < 4.78 is 16.5. The highest BCUT2D eigenvalue weighted by molar-refractivity contribution is 6.00. The summed E-state index contributed by atoms with van der Waals surface area (Å²) in [7, 11) is 3.11. The van der Waals surface area contributed by atoms with E-state index in [9.17, 15) is 9.59 Å². The number of nitrogens with one attached hydrogen (secondary N) is 1. The van der Waals surface area contributed by atoms with Crippen LogP contribution in [0, 0.1) is 5.92 Å². The van der Waals surface area contributed by atoms with Crippen LogP contribution in [-0.4, -0.2) is 43.7 Å². The molecule has 1 atom stereocenters. The molecule has 0 bridgehead atoms. The van der Waals surface area contributed by atoms with E-state index in [1.807, 2.05) is 12.1 Å². The number of carbonyl (C=O) groups excluding carboxylic acids is 2. The summed E-state index contributed by atoms with van der Waals surface area (Å²) in [5, 5.41) is 2.95. The van der Waals surface area contributed by atoms with E-state index < -0.39 is 5.92 Å². The Morgan fingerprint density at radius 3 is 2.66 bits per heavy atom. The van der Waals surface area contributed by atoms with Crippen molar-refractivity contribution < 1.29 is 23.8 Å². The molecule has 0 spiro atoms. The molecule has 8 nitrogen and oxygen atoms in total. The molecule has 2 amide bonds. The molecule has 1 N–H and O–H groups in total. The number of aromatic nitrogens is 1. The van der Waals surface area contributed by atoms with Crippen LogP contribution in [0.15, 0.2) is 36.5 Å². The summed E-state index contributed by atoms with van der Waals surface area (Å²) in [5.41, 5.74) is 1.60. The lowest BCUT2D eigenvalue weighted by Crippen LogP contribution is -2.32. The number of pyridine rings is 1. The molecule has 170 valence electrons. The smallest absolute Gasteiger partial charge is 0.227 e. The highest BCUT2D eigenvalue weighted by Gasteiger charge is 2.35. The molecule has 8 heteroatoms. The predicted octanol–water partition coefficient (Wildman–Crippen LogP) is 3.09. The van der Waals surface area contributed by atoms with Crippen molar-refractivity contribution in [3.8, 4) is 17.4 Å². The fourth-order valence-electron chi connectivity index (χ4n) is 4.26. The van der Waals surface area contributed by atoms with Crippen molar-refractivity contribution >= 4 is 17.5 Å². The Morgan fingerprint density at radius 1 is 1.12 bits per heavy atom. The van der Waals surface area contributed by atoms with Gasteiger partial charge in [0.2, 0.25) is 17.7 Å². The minimum atomic E-state index is -0.411. The van der Waals surface area contributed by atoms with Crippen LogP contribution in [0.25, 0.3) is 0 Å². The monoisotopic (exact) mass is 439 g/mol. The van der Waals surface area contributed by atoms with Gasteiger partial charge < -0.3 is 24.4 Å². The first kappa shape index (κ1) is 21.9. The lowest BCUT2D eigenvalue weighted by Gasteiger charge is -2.18. The second-order valence-electron chi connectivity index (χ2n) is 8.19. The van der Waals surface area contributed by atoms with Gasteiger partial charge in [-0.1, -0.05) is 0 Å². The van der Waals surface area contributed by atoms with Crippen LogP contribution in [0.2, 0.25) is 0 Å². The summed E-state index contributed by atoms with van der Waals surface area (Å²) >= 11 is 0. The van der Waals surface area contributed by atoms with Gasteiger partial charge in [0, 0.05) is 43.5 Å². The lowest BCUT2D eigenvalue weighted by atomic mass is 10.1. The quantitative estimate of drug-likeness (QED) is 0.680. The average molecular weight is 440 g/mol. The van der Waals surface area contributed by atoms with E-state index in [2.05, 4.69) is 10.3 Å². The lowest BCUT2D eigenvalue weighted by molar-refractivity contribution is -0.126. The van der Waals surface area contributed by atoms with Crippen LogP contribution < -0.4 is 24.4 Å². The molecule has 1 aliphatic carbocycles. The van der Waals surface area contributed by atoms with Crippen LogP contribution in [-0.2, 0) is 16.1 Å². The predicted molar refractivity (Wildman–Crippen MR) is 119 cm³/mol. The number of benzene rings is 1. The van der Waals surface area contributed by atoms with E-state index in [0.717, 1.165) is 18.4 Å². The van der Waals surface area contributed by atoms with Crippen LogP contribution in [0.4, 0.5) is 5.69 Å². The maximum absolute atomic E-state index is 12.7. The fourth-order valence-corrected chi connectivity index (χ4v) is 4.26. The van der Waals surface area contributed by atoms with Gasteiger partial charge in [0.1, 0.15) is 6.10 Å². The number of hydrogen-bond acceptors (Lipinski definition) is 6. The van der Waals surface area contributed by atoms with Gasteiger partial charge in [0.05, 0.1) is 20.1 Å². The topological polar surface area (TPSA) is 90.0 Å². The Bertz CT molecular complexity index is 974. The van der Waals surface area contributed by atoms with Crippen molar-refractivity contribution in [2.24, 2.45) is 5.92 Å². The summed E-state index contributed by atoms with van der Waals surface area (Å²) in [4.78, 5) is 31.2. The maximum Gasteiger partial charge on any atom is 0.227 e. The van der Waals surface area contributed by atoms with Crippen molar-refractivity contribution in [3.63, 3.8) is 0 Å². The normalized spacial score (nSPS) is 18.6. The van der Waals surface area contributed by atoms with Crippen molar-refractivity contribution in [1.29, 1.82) is 0 Å². The van der Waals surface area contributed by atoms with Crippen LogP contribution in [0.1, 0.15) is 37.7 Å². The molecule has 4 rings (SSSR count). The highest BCUT2D eigenvalue weighted by Crippen LogP contribution is 2.34. The van der Waals surface area contributed by atoms with Gasteiger partial charge in [-0.25, -0.2) is 4.98 Å². The zero-order valence-electron chi connectivity index (χ0n) is 18.5. The fraction of sp³-hybridized carbons (Fsp3) is 0.458. The number of nitrogens with zero attached hydrogens (tertiary/aromatic N) is 2. The second kappa shape index (κ2) is 9.89. The molecule has 1 saturated carbocycles. The summed E-state index contributed by atoms with van der Waals surface area (Å²) in [5.74, 6) is 1.08. The zero-order chi connectivity index (χ0) is 22.5. The Hall–Kier alpha value is -3.29. The van der Waals surface area contributed by atoms with Crippen molar-refractivity contribution in [3.05, 3.63) is 42.1 Å². The SMILES string of the molecule is COc1ccc(N2CC(C(=O)NCc3ccnc(OC4CCCC4)c3)CC2=O)cc1OC. The van der Waals surface area contributed by atoms with E-state index in [4.69, 9.17) is 14.2 Å². The number of anilines is 1. The summed E-state index contributed by atoms with van der Waals surface area (Å²) in [6, 6.07) is 9.03.